The summed E-state index contributed by atoms with van der Waals surface area (Å²) in [5.41, 5.74) is 5.08. The Balaban J connectivity index is 1.77. The zero-order valence-corrected chi connectivity index (χ0v) is 19.1. The van der Waals surface area contributed by atoms with Gasteiger partial charge in [0.1, 0.15) is 5.70 Å². The van der Waals surface area contributed by atoms with E-state index in [1.165, 1.54) is 11.8 Å². The van der Waals surface area contributed by atoms with Crippen LogP contribution in [0.25, 0.3) is 5.57 Å². The van der Waals surface area contributed by atoms with Gasteiger partial charge in [0, 0.05) is 25.7 Å². The third-order valence-electron chi connectivity index (χ3n) is 6.27. The largest absolute Gasteiger partial charge is 0.366 e. The lowest BCUT2D eigenvalue weighted by Crippen LogP contribution is -2.39. The molecule has 1 saturated heterocycles. The number of likely N-dealkylation sites (tertiary alicyclic amines) is 1. The Hall–Kier alpha value is -3.41. The first-order valence-corrected chi connectivity index (χ1v) is 11.1. The Morgan fingerprint density at radius 1 is 1.00 bits per heavy atom. The first-order chi connectivity index (χ1) is 15.3. The number of hydrogen-bond donors (Lipinski definition) is 1. The van der Waals surface area contributed by atoms with Gasteiger partial charge in [-0.2, -0.15) is 0 Å². The normalized spacial score (nSPS) is 19.1. The molecule has 6 heteroatoms. The van der Waals surface area contributed by atoms with E-state index in [-0.39, 0.29) is 17.7 Å². The summed E-state index contributed by atoms with van der Waals surface area (Å²) in [4.78, 5) is 42.0. The van der Waals surface area contributed by atoms with Gasteiger partial charge in [-0.15, -0.1) is 0 Å². The number of nitrogens with zero attached hydrogens (tertiary/aromatic N) is 2. The number of piperidine rings is 1. The van der Waals surface area contributed by atoms with Crippen LogP contribution in [-0.4, -0.2) is 35.7 Å². The molecule has 1 N–H and O–H groups in total. The number of aryl methyl sites for hydroxylation is 2. The maximum atomic E-state index is 13.7. The van der Waals surface area contributed by atoms with Crippen molar-refractivity contribution in [1.29, 1.82) is 0 Å². The molecule has 166 valence electrons. The number of amides is 3. The number of anilines is 2. The van der Waals surface area contributed by atoms with Crippen LogP contribution in [-0.2, 0) is 14.4 Å². The van der Waals surface area contributed by atoms with Crippen molar-refractivity contribution >= 4 is 34.7 Å². The van der Waals surface area contributed by atoms with Gasteiger partial charge in [0.15, 0.2) is 0 Å². The summed E-state index contributed by atoms with van der Waals surface area (Å²) in [5, 5.41) is 2.71. The molecule has 0 saturated carbocycles. The molecule has 0 bridgehead atoms. The second-order valence-corrected chi connectivity index (χ2v) is 8.89. The fourth-order valence-corrected chi connectivity index (χ4v) is 4.49. The quantitative estimate of drug-likeness (QED) is 0.734. The summed E-state index contributed by atoms with van der Waals surface area (Å²) in [6.07, 6.45) is 2.12. The molecule has 0 radical (unpaired) electrons. The molecule has 6 nitrogen and oxygen atoms in total. The van der Waals surface area contributed by atoms with Crippen molar-refractivity contribution in [1.82, 2.24) is 4.90 Å². The molecule has 32 heavy (non-hydrogen) atoms. The monoisotopic (exact) mass is 431 g/mol. The third-order valence-corrected chi connectivity index (χ3v) is 6.27. The molecule has 2 heterocycles. The van der Waals surface area contributed by atoms with Crippen molar-refractivity contribution in [2.75, 3.05) is 23.3 Å². The minimum atomic E-state index is -0.307. The van der Waals surface area contributed by atoms with Crippen LogP contribution in [0.5, 0.6) is 0 Å². The zero-order valence-electron chi connectivity index (χ0n) is 19.1. The summed E-state index contributed by atoms with van der Waals surface area (Å²) < 4.78 is 0. The van der Waals surface area contributed by atoms with Crippen molar-refractivity contribution < 1.29 is 14.4 Å². The summed E-state index contributed by atoms with van der Waals surface area (Å²) in [5.74, 6) is -0.305. The Labute approximate surface area is 188 Å². The molecule has 0 aliphatic carbocycles. The summed E-state index contributed by atoms with van der Waals surface area (Å²) in [6.45, 7) is 9.20. The van der Waals surface area contributed by atoms with Gasteiger partial charge in [0.05, 0.1) is 11.3 Å². The van der Waals surface area contributed by atoms with Gasteiger partial charge in [-0.3, -0.25) is 14.4 Å². The Bertz CT molecular complexity index is 1120. The molecule has 0 spiro atoms. The lowest BCUT2D eigenvalue weighted by atomic mass is 9.96. The highest BCUT2D eigenvalue weighted by Crippen LogP contribution is 2.37. The van der Waals surface area contributed by atoms with Crippen LogP contribution < -0.4 is 10.2 Å². The standard InChI is InChI=1S/C26H29N3O3/c1-16-6-5-13-28(15-16)24-23(20-8-7-17(2)18(3)14-20)25(31)29(26(24)32)22-11-9-21(10-12-22)27-19(4)30/h7-12,14,16H,5-6,13,15H2,1-4H3,(H,27,30). The molecule has 1 unspecified atom stereocenters. The molecule has 1 atom stereocenters. The number of carbonyl (C=O) groups excluding carboxylic acids is 3. The van der Waals surface area contributed by atoms with Gasteiger partial charge in [-0.25, -0.2) is 4.90 Å². The molecule has 3 amide bonds. The van der Waals surface area contributed by atoms with Gasteiger partial charge < -0.3 is 10.2 Å². The minimum Gasteiger partial charge on any atom is -0.366 e. The SMILES string of the molecule is CC(=O)Nc1ccc(N2C(=O)C(c3ccc(C)c(C)c3)=C(N3CCCC(C)C3)C2=O)cc1. The number of nitrogens with one attached hydrogen (secondary N) is 1. The first kappa shape index (κ1) is 21.8. The molecular weight excluding hydrogens is 402 g/mol. The molecule has 2 aliphatic rings. The molecule has 4 rings (SSSR count). The number of imide groups is 1. The number of rotatable bonds is 4. The van der Waals surface area contributed by atoms with Crippen LogP contribution in [0.1, 0.15) is 43.4 Å². The van der Waals surface area contributed by atoms with Crippen LogP contribution in [0.4, 0.5) is 11.4 Å². The second kappa shape index (κ2) is 8.61. The second-order valence-electron chi connectivity index (χ2n) is 8.89. The number of carbonyl (C=O) groups is 3. The highest BCUT2D eigenvalue weighted by molar-refractivity contribution is 6.45. The van der Waals surface area contributed by atoms with E-state index >= 15 is 0 Å². The fraction of sp³-hybridized carbons (Fsp3) is 0.346. The lowest BCUT2D eigenvalue weighted by molar-refractivity contribution is -0.121. The fourth-order valence-electron chi connectivity index (χ4n) is 4.49. The van der Waals surface area contributed by atoms with E-state index in [1.807, 2.05) is 32.0 Å². The van der Waals surface area contributed by atoms with E-state index in [0.29, 0.717) is 28.6 Å². The Kier molecular flexibility index (Phi) is 5.87. The van der Waals surface area contributed by atoms with Gasteiger partial charge in [0.2, 0.25) is 5.91 Å². The van der Waals surface area contributed by atoms with Gasteiger partial charge in [-0.05, 0) is 73.6 Å². The van der Waals surface area contributed by atoms with E-state index < -0.39 is 0 Å². The maximum absolute atomic E-state index is 13.7. The molecule has 1 fully saturated rings. The molecule has 2 aromatic carbocycles. The topological polar surface area (TPSA) is 69.7 Å². The zero-order chi connectivity index (χ0) is 23.0. The predicted octanol–water partition coefficient (Wildman–Crippen LogP) is 4.28. The van der Waals surface area contributed by atoms with Crippen LogP contribution >= 0.6 is 0 Å². The smallest absolute Gasteiger partial charge is 0.282 e. The van der Waals surface area contributed by atoms with Gasteiger partial charge in [0.25, 0.3) is 11.8 Å². The average Bonchev–Trinajstić information content (AvgIpc) is 3.00. The van der Waals surface area contributed by atoms with E-state index in [9.17, 15) is 14.4 Å². The highest BCUT2D eigenvalue weighted by Gasteiger charge is 2.43. The summed E-state index contributed by atoms with van der Waals surface area (Å²) >= 11 is 0. The van der Waals surface area contributed by atoms with Crippen molar-refractivity contribution in [3.63, 3.8) is 0 Å². The van der Waals surface area contributed by atoms with Crippen molar-refractivity contribution in [2.45, 2.75) is 40.5 Å². The highest BCUT2D eigenvalue weighted by atomic mass is 16.2. The summed E-state index contributed by atoms with van der Waals surface area (Å²) in [6, 6.07) is 12.7. The van der Waals surface area contributed by atoms with Crippen molar-refractivity contribution in [3.8, 4) is 0 Å². The Morgan fingerprint density at radius 2 is 1.72 bits per heavy atom. The first-order valence-electron chi connectivity index (χ1n) is 11.1. The van der Waals surface area contributed by atoms with E-state index in [1.54, 1.807) is 24.3 Å². The maximum Gasteiger partial charge on any atom is 0.282 e. The van der Waals surface area contributed by atoms with Crippen molar-refractivity contribution in [3.05, 3.63) is 64.9 Å². The number of benzene rings is 2. The van der Waals surface area contributed by atoms with Crippen LogP contribution in [0, 0.1) is 19.8 Å². The third kappa shape index (κ3) is 4.05. The van der Waals surface area contributed by atoms with E-state index in [0.717, 1.165) is 42.6 Å². The average molecular weight is 432 g/mol. The molecule has 2 aliphatic heterocycles. The van der Waals surface area contributed by atoms with E-state index in [4.69, 9.17) is 0 Å². The van der Waals surface area contributed by atoms with Gasteiger partial charge >= 0.3 is 0 Å². The molecule has 2 aromatic rings. The Morgan fingerprint density at radius 3 is 2.34 bits per heavy atom. The minimum absolute atomic E-state index is 0.175. The van der Waals surface area contributed by atoms with Crippen molar-refractivity contribution in [2.24, 2.45) is 5.92 Å². The molecular formula is C26H29N3O3. The molecule has 0 aromatic heterocycles. The van der Waals surface area contributed by atoms with Gasteiger partial charge in [-0.1, -0.05) is 25.1 Å². The van der Waals surface area contributed by atoms with E-state index in [2.05, 4.69) is 17.1 Å². The lowest BCUT2D eigenvalue weighted by Gasteiger charge is -2.33. The summed E-state index contributed by atoms with van der Waals surface area (Å²) in [7, 11) is 0. The van der Waals surface area contributed by atoms with Crippen LogP contribution in [0.15, 0.2) is 48.2 Å². The van der Waals surface area contributed by atoms with Crippen LogP contribution in [0.2, 0.25) is 0 Å². The predicted molar refractivity (Wildman–Crippen MR) is 126 cm³/mol. The van der Waals surface area contributed by atoms with Crippen LogP contribution in [0.3, 0.4) is 0 Å². The number of hydrogen-bond acceptors (Lipinski definition) is 4.